The Hall–Kier alpha value is -0.560. The van der Waals surface area contributed by atoms with E-state index < -0.39 is 6.80 Å². The van der Waals surface area contributed by atoms with Gasteiger partial charge in [-0.25, -0.2) is 4.57 Å². The second kappa shape index (κ2) is 11.9. The number of nitrogens with zero attached hydrogens (tertiary/aromatic N) is 1. The van der Waals surface area contributed by atoms with Crippen LogP contribution in [0.2, 0.25) is 0 Å². The van der Waals surface area contributed by atoms with Crippen molar-refractivity contribution in [1.82, 2.24) is 10.6 Å². The number of rotatable bonds is 13. The number of aryl methyl sites for hydroxylation is 1. The van der Waals surface area contributed by atoms with Crippen molar-refractivity contribution < 1.29 is 14.4 Å². The van der Waals surface area contributed by atoms with E-state index in [2.05, 4.69) is 53.6 Å². The summed E-state index contributed by atoms with van der Waals surface area (Å²) in [5, 5.41) is 6.62. The van der Waals surface area contributed by atoms with Crippen molar-refractivity contribution >= 4 is 23.9 Å². The van der Waals surface area contributed by atoms with Gasteiger partial charge in [-0.3, -0.25) is 0 Å². The van der Waals surface area contributed by atoms with Gasteiger partial charge >= 0.3 is 6.80 Å². The molecule has 0 bridgehead atoms. The third kappa shape index (κ3) is 10.3. The van der Waals surface area contributed by atoms with Crippen LogP contribution in [0, 0.1) is 6.92 Å². The number of hydrogen-bond acceptors (Lipinski definition) is 5. The lowest BCUT2D eigenvalue weighted by Crippen LogP contribution is -2.33. The Labute approximate surface area is 149 Å². The van der Waals surface area contributed by atoms with Gasteiger partial charge in [-0.05, 0) is 62.4 Å². The molecule has 1 rings (SSSR count). The molecular formula is C16H30N3O3PS. The van der Waals surface area contributed by atoms with Crippen LogP contribution in [-0.2, 0) is 4.57 Å². The van der Waals surface area contributed by atoms with E-state index in [1.807, 2.05) is 0 Å². The Morgan fingerprint density at radius 1 is 1.17 bits per heavy atom. The molecule has 6 nitrogen and oxygen atoms in total. The van der Waals surface area contributed by atoms with E-state index in [4.69, 9.17) is 9.79 Å². The lowest BCUT2D eigenvalue weighted by molar-refractivity contribution is 0.397. The maximum atomic E-state index is 10.7. The molecule has 4 N–H and O–H groups in total. The topological polar surface area (TPSA) is 84.8 Å². The molecular weight excluding hydrogens is 345 g/mol. The monoisotopic (exact) mass is 375 g/mol. The van der Waals surface area contributed by atoms with Crippen LogP contribution < -0.4 is 15.5 Å². The molecule has 0 atom stereocenters. The van der Waals surface area contributed by atoms with E-state index in [-0.39, 0.29) is 0 Å². The van der Waals surface area contributed by atoms with Crippen molar-refractivity contribution in [2.24, 2.45) is 0 Å². The maximum Gasteiger partial charge on any atom is 0.384 e. The summed E-state index contributed by atoms with van der Waals surface area (Å²) in [7, 11) is 0. The molecule has 0 spiro atoms. The smallest absolute Gasteiger partial charge is 0.371 e. The van der Waals surface area contributed by atoms with E-state index in [0.29, 0.717) is 23.7 Å². The van der Waals surface area contributed by atoms with E-state index in [0.717, 1.165) is 39.1 Å². The van der Waals surface area contributed by atoms with Crippen molar-refractivity contribution in [2.75, 3.05) is 49.9 Å². The van der Waals surface area contributed by atoms with Gasteiger partial charge in [-0.2, -0.15) is 0 Å². The molecule has 0 radical (unpaired) electrons. The highest BCUT2D eigenvalue weighted by atomic mass is 32.7. The van der Waals surface area contributed by atoms with Gasteiger partial charge in [-0.1, -0.05) is 12.1 Å². The molecule has 1 aromatic carbocycles. The largest absolute Gasteiger partial charge is 0.384 e. The average molecular weight is 375 g/mol. The summed E-state index contributed by atoms with van der Waals surface area (Å²) < 4.78 is 10.7. The summed E-state index contributed by atoms with van der Waals surface area (Å²) in [6.45, 7) is 5.68. The van der Waals surface area contributed by atoms with Crippen LogP contribution in [0.3, 0.4) is 0 Å². The third-order valence-electron chi connectivity index (χ3n) is 3.55. The molecule has 0 heterocycles. The number of hydrogen-bond donors (Lipinski definition) is 4. The predicted octanol–water partition coefficient (Wildman–Crippen LogP) is 2.22. The summed E-state index contributed by atoms with van der Waals surface area (Å²) in [5.41, 5.74) is 2.55. The highest BCUT2D eigenvalue weighted by molar-refractivity contribution is 8.54. The minimum absolute atomic E-state index is 0.430. The summed E-state index contributed by atoms with van der Waals surface area (Å²) in [5.74, 6) is 0.430. The Morgan fingerprint density at radius 2 is 1.88 bits per heavy atom. The van der Waals surface area contributed by atoms with Crippen molar-refractivity contribution in [3.63, 3.8) is 0 Å². The first kappa shape index (κ1) is 21.5. The van der Waals surface area contributed by atoms with Gasteiger partial charge in [-0.15, -0.1) is 0 Å². The Bertz CT molecular complexity index is 513. The summed E-state index contributed by atoms with van der Waals surface area (Å²) in [4.78, 5) is 19.8. The van der Waals surface area contributed by atoms with Crippen LogP contribution in [0.25, 0.3) is 0 Å². The van der Waals surface area contributed by atoms with Crippen molar-refractivity contribution in [2.45, 2.75) is 20.3 Å². The molecule has 8 heteroatoms. The number of nitrogens with one attached hydrogen (secondary N) is 2. The molecule has 0 aliphatic carbocycles. The zero-order valence-corrected chi connectivity index (χ0v) is 16.3. The maximum absolute atomic E-state index is 10.7. The molecule has 0 saturated carbocycles. The molecule has 0 aromatic heterocycles. The zero-order valence-electron chi connectivity index (χ0n) is 14.6. The highest BCUT2D eigenvalue weighted by Gasteiger charge is 2.11. The van der Waals surface area contributed by atoms with E-state index in [1.54, 1.807) is 0 Å². The Morgan fingerprint density at radius 3 is 2.50 bits per heavy atom. The normalized spacial score (nSPS) is 11.7. The van der Waals surface area contributed by atoms with E-state index in [1.165, 1.54) is 11.3 Å². The van der Waals surface area contributed by atoms with Crippen LogP contribution >= 0.6 is 18.2 Å². The van der Waals surface area contributed by atoms with Crippen LogP contribution in [-0.4, -0.2) is 54.8 Å². The lowest BCUT2D eigenvalue weighted by atomic mass is 10.2. The van der Waals surface area contributed by atoms with Crippen LogP contribution in [0.15, 0.2) is 24.3 Å². The second-order valence-corrected chi connectivity index (χ2v) is 9.45. The highest BCUT2D eigenvalue weighted by Crippen LogP contribution is 2.49. The fourth-order valence-corrected chi connectivity index (χ4v) is 3.79. The molecule has 0 aliphatic heterocycles. The van der Waals surface area contributed by atoms with Crippen molar-refractivity contribution in [1.29, 1.82) is 0 Å². The average Bonchev–Trinajstić information content (AvgIpc) is 2.51. The van der Waals surface area contributed by atoms with Gasteiger partial charge in [0.1, 0.15) is 0 Å². The van der Waals surface area contributed by atoms with E-state index in [9.17, 15) is 4.57 Å². The number of likely N-dealkylation sites (N-methyl/N-ethyl adjacent to an activating group) is 1. The van der Waals surface area contributed by atoms with Gasteiger partial charge in [0, 0.05) is 37.6 Å². The molecule has 1 aromatic rings. The summed E-state index contributed by atoms with van der Waals surface area (Å²) in [6.07, 6.45) is 0.997. The van der Waals surface area contributed by atoms with Crippen molar-refractivity contribution in [3.8, 4) is 0 Å². The molecule has 0 unspecified atom stereocenters. The zero-order chi connectivity index (χ0) is 17.8. The molecule has 0 aliphatic rings. The first-order valence-electron chi connectivity index (χ1n) is 8.35. The van der Waals surface area contributed by atoms with Crippen LogP contribution in [0.5, 0.6) is 0 Å². The Kier molecular flexibility index (Phi) is 10.7. The lowest BCUT2D eigenvalue weighted by Gasteiger charge is -2.23. The molecule has 0 saturated heterocycles. The fraction of sp³-hybridized carbons (Fsp3) is 0.625. The van der Waals surface area contributed by atoms with Gasteiger partial charge < -0.3 is 25.3 Å². The van der Waals surface area contributed by atoms with Gasteiger partial charge in [0.05, 0.1) is 0 Å². The van der Waals surface area contributed by atoms with Crippen LogP contribution in [0.4, 0.5) is 5.69 Å². The van der Waals surface area contributed by atoms with Gasteiger partial charge in [0.15, 0.2) is 0 Å². The summed E-state index contributed by atoms with van der Waals surface area (Å²) >= 11 is 0.693. The quantitative estimate of drug-likeness (QED) is 0.311. The third-order valence-corrected chi connectivity index (χ3v) is 5.83. The van der Waals surface area contributed by atoms with Crippen LogP contribution in [0.1, 0.15) is 18.9 Å². The Balaban J connectivity index is 2.04. The fourth-order valence-electron chi connectivity index (χ4n) is 2.33. The molecule has 0 amide bonds. The molecule has 0 fully saturated rings. The van der Waals surface area contributed by atoms with E-state index >= 15 is 0 Å². The first-order valence-corrected chi connectivity index (χ1v) is 11.6. The minimum atomic E-state index is -3.92. The number of anilines is 1. The van der Waals surface area contributed by atoms with Gasteiger partial charge in [0.2, 0.25) is 0 Å². The predicted molar refractivity (Wildman–Crippen MR) is 104 cm³/mol. The second-order valence-electron chi connectivity index (χ2n) is 5.60. The number of benzene rings is 1. The van der Waals surface area contributed by atoms with Crippen molar-refractivity contribution in [3.05, 3.63) is 29.8 Å². The molecule has 138 valence electrons. The SMILES string of the molecule is CCN(CCNCCCNCCSP(=O)(O)O)c1cccc(C)c1. The molecule has 24 heavy (non-hydrogen) atoms. The standard InChI is InChI=1S/C16H30N3O3PS/c1-3-19(16-7-4-6-15(2)14-16)12-10-17-8-5-9-18-11-13-24-23(20,21)22/h4,6-7,14,17-18H,3,5,8-13H2,1-2H3,(H2,20,21,22). The minimum Gasteiger partial charge on any atom is -0.371 e. The summed E-state index contributed by atoms with van der Waals surface area (Å²) in [6, 6.07) is 8.57. The van der Waals surface area contributed by atoms with Gasteiger partial charge in [0.25, 0.3) is 0 Å². The first-order chi connectivity index (χ1) is 11.4.